The molecule has 2 aromatic rings. The van der Waals surface area contributed by atoms with Crippen LogP contribution in [0, 0.1) is 0 Å². The molecule has 2 rings (SSSR count). The molecule has 0 amide bonds. The van der Waals surface area contributed by atoms with Gasteiger partial charge in [0.1, 0.15) is 5.75 Å². The van der Waals surface area contributed by atoms with Crippen molar-refractivity contribution >= 4 is 17.2 Å². The van der Waals surface area contributed by atoms with Crippen molar-refractivity contribution in [2.24, 2.45) is 0 Å². The molecule has 4 heteroatoms. The van der Waals surface area contributed by atoms with Gasteiger partial charge in [0.15, 0.2) is 5.82 Å². The molecule has 0 unspecified atom stereocenters. The van der Waals surface area contributed by atoms with Gasteiger partial charge in [0.2, 0.25) is 0 Å². The van der Waals surface area contributed by atoms with E-state index in [0.29, 0.717) is 11.5 Å². The lowest BCUT2D eigenvalue weighted by Gasteiger charge is -2.11. The molecule has 0 bridgehead atoms. The maximum Gasteiger partial charge on any atom is 0.153 e. The molecular formula is C12H13N3O. The van der Waals surface area contributed by atoms with Gasteiger partial charge in [-0.3, -0.25) is 0 Å². The van der Waals surface area contributed by atoms with Crippen LogP contribution in [-0.4, -0.2) is 12.1 Å². The number of benzene rings is 1. The van der Waals surface area contributed by atoms with E-state index in [1.807, 2.05) is 24.3 Å². The molecule has 3 N–H and O–H groups in total. The standard InChI is InChI=1S/C12H13N3O/c1-16-11-7-3-2-6-10(11)15-12-9(13)5-4-8-14-12/h2-8H,13H2,1H3,(H,14,15). The van der Waals surface area contributed by atoms with Crippen molar-refractivity contribution in [2.45, 2.75) is 0 Å². The van der Waals surface area contributed by atoms with Crippen LogP contribution in [0.4, 0.5) is 17.2 Å². The average molecular weight is 215 g/mol. The SMILES string of the molecule is COc1ccccc1Nc1ncccc1N. The summed E-state index contributed by atoms with van der Waals surface area (Å²) in [5.41, 5.74) is 7.24. The molecule has 1 aromatic carbocycles. The second-order valence-electron chi connectivity index (χ2n) is 3.27. The zero-order valence-electron chi connectivity index (χ0n) is 8.97. The van der Waals surface area contributed by atoms with E-state index in [4.69, 9.17) is 10.5 Å². The molecule has 0 radical (unpaired) electrons. The Hall–Kier alpha value is -2.23. The van der Waals surface area contributed by atoms with Crippen molar-refractivity contribution < 1.29 is 4.74 Å². The molecule has 0 spiro atoms. The molecule has 16 heavy (non-hydrogen) atoms. The van der Waals surface area contributed by atoms with Crippen molar-refractivity contribution in [1.82, 2.24) is 4.98 Å². The van der Waals surface area contributed by atoms with Crippen LogP contribution >= 0.6 is 0 Å². The first kappa shape index (κ1) is 10.3. The Morgan fingerprint density at radius 2 is 2.00 bits per heavy atom. The molecule has 0 aliphatic carbocycles. The number of hydrogen-bond donors (Lipinski definition) is 2. The highest BCUT2D eigenvalue weighted by Gasteiger charge is 2.04. The number of anilines is 3. The highest BCUT2D eigenvalue weighted by molar-refractivity contribution is 5.71. The number of rotatable bonds is 3. The fraction of sp³-hybridized carbons (Fsp3) is 0.0833. The van der Waals surface area contributed by atoms with Gasteiger partial charge in [-0.15, -0.1) is 0 Å². The predicted molar refractivity (Wildman–Crippen MR) is 64.9 cm³/mol. The number of nitrogens with two attached hydrogens (primary N) is 1. The molecular weight excluding hydrogens is 202 g/mol. The van der Waals surface area contributed by atoms with Gasteiger partial charge < -0.3 is 15.8 Å². The number of nitrogen functional groups attached to an aromatic ring is 1. The molecule has 1 aromatic heterocycles. The largest absolute Gasteiger partial charge is 0.495 e. The van der Waals surface area contributed by atoms with Crippen molar-refractivity contribution in [3.05, 3.63) is 42.6 Å². The highest BCUT2D eigenvalue weighted by Crippen LogP contribution is 2.27. The van der Waals surface area contributed by atoms with Crippen molar-refractivity contribution in [1.29, 1.82) is 0 Å². The van der Waals surface area contributed by atoms with Gasteiger partial charge in [-0.2, -0.15) is 0 Å². The van der Waals surface area contributed by atoms with E-state index in [0.717, 1.165) is 11.4 Å². The maximum atomic E-state index is 5.79. The Balaban J connectivity index is 2.30. The van der Waals surface area contributed by atoms with Crippen LogP contribution in [0.1, 0.15) is 0 Å². The van der Waals surface area contributed by atoms with Crippen molar-refractivity contribution in [3.8, 4) is 5.75 Å². The van der Waals surface area contributed by atoms with Crippen molar-refractivity contribution in [2.75, 3.05) is 18.2 Å². The Kier molecular flexibility index (Phi) is 2.91. The van der Waals surface area contributed by atoms with Crippen LogP contribution in [0.5, 0.6) is 5.75 Å². The van der Waals surface area contributed by atoms with Crippen molar-refractivity contribution in [3.63, 3.8) is 0 Å². The average Bonchev–Trinajstić information content (AvgIpc) is 2.33. The van der Waals surface area contributed by atoms with E-state index in [2.05, 4.69) is 10.3 Å². The van der Waals surface area contributed by atoms with Gasteiger partial charge in [-0.25, -0.2) is 4.98 Å². The lowest BCUT2D eigenvalue weighted by Crippen LogP contribution is -1.99. The zero-order valence-corrected chi connectivity index (χ0v) is 8.97. The molecule has 1 heterocycles. The molecule has 0 fully saturated rings. The normalized spacial score (nSPS) is 9.81. The lowest BCUT2D eigenvalue weighted by atomic mass is 10.3. The summed E-state index contributed by atoms with van der Waals surface area (Å²) in [7, 11) is 1.63. The van der Waals surface area contributed by atoms with E-state index < -0.39 is 0 Å². The number of ether oxygens (including phenoxy) is 1. The Bertz CT molecular complexity index is 485. The number of aromatic nitrogens is 1. The van der Waals surface area contributed by atoms with E-state index in [1.54, 1.807) is 25.4 Å². The van der Waals surface area contributed by atoms with Gasteiger partial charge >= 0.3 is 0 Å². The summed E-state index contributed by atoms with van der Waals surface area (Å²) >= 11 is 0. The maximum absolute atomic E-state index is 5.79. The molecule has 4 nitrogen and oxygen atoms in total. The zero-order chi connectivity index (χ0) is 11.4. The quantitative estimate of drug-likeness (QED) is 0.825. The second-order valence-corrected chi connectivity index (χ2v) is 3.27. The summed E-state index contributed by atoms with van der Waals surface area (Å²) < 4.78 is 5.23. The summed E-state index contributed by atoms with van der Waals surface area (Å²) in [6, 6.07) is 11.2. The summed E-state index contributed by atoms with van der Waals surface area (Å²) in [4.78, 5) is 4.16. The van der Waals surface area contributed by atoms with Gasteiger partial charge in [0.05, 0.1) is 18.5 Å². The first-order valence-electron chi connectivity index (χ1n) is 4.92. The number of methoxy groups -OCH3 is 1. The number of para-hydroxylation sites is 2. The Morgan fingerprint density at radius 3 is 2.75 bits per heavy atom. The fourth-order valence-corrected chi connectivity index (χ4v) is 1.40. The lowest BCUT2D eigenvalue weighted by molar-refractivity contribution is 0.417. The number of nitrogens with zero attached hydrogens (tertiary/aromatic N) is 1. The Labute approximate surface area is 94.1 Å². The van der Waals surface area contributed by atoms with Crippen LogP contribution in [0.25, 0.3) is 0 Å². The van der Waals surface area contributed by atoms with Gasteiger partial charge in [-0.1, -0.05) is 12.1 Å². The van der Waals surface area contributed by atoms with E-state index in [1.165, 1.54) is 0 Å². The minimum absolute atomic E-state index is 0.605. The first-order valence-corrected chi connectivity index (χ1v) is 4.92. The molecule has 0 aliphatic heterocycles. The van der Waals surface area contributed by atoms with Crippen LogP contribution < -0.4 is 15.8 Å². The van der Waals surface area contributed by atoms with Gasteiger partial charge in [0.25, 0.3) is 0 Å². The molecule has 0 aliphatic rings. The monoisotopic (exact) mass is 215 g/mol. The van der Waals surface area contributed by atoms with Gasteiger partial charge in [0, 0.05) is 6.20 Å². The minimum Gasteiger partial charge on any atom is -0.495 e. The van der Waals surface area contributed by atoms with Crippen LogP contribution in [-0.2, 0) is 0 Å². The highest BCUT2D eigenvalue weighted by atomic mass is 16.5. The van der Waals surface area contributed by atoms with Gasteiger partial charge in [-0.05, 0) is 24.3 Å². The van der Waals surface area contributed by atoms with Crippen LogP contribution in [0.3, 0.4) is 0 Å². The second kappa shape index (κ2) is 4.53. The minimum atomic E-state index is 0.605. The topological polar surface area (TPSA) is 60.2 Å². The molecule has 0 saturated carbocycles. The molecule has 0 atom stereocenters. The third kappa shape index (κ3) is 2.06. The summed E-state index contributed by atoms with van der Waals surface area (Å²) in [5, 5.41) is 3.13. The Morgan fingerprint density at radius 1 is 1.19 bits per heavy atom. The third-order valence-corrected chi connectivity index (χ3v) is 2.20. The number of pyridine rings is 1. The third-order valence-electron chi connectivity index (χ3n) is 2.20. The first-order chi connectivity index (χ1) is 7.81. The summed E-state index contributed by atoms with van der Waals surface area (Å²) in [6.45, 7) is 0. The fourth-order valence-electron chi connectivity index (χ4n) is 1.40. The van der Waals surface area contributed by atoms with Crippen LogP contribution in [0.2, 0.25) is 0 Å². The summed E-state index contributed by atoms with van der Waals surface area (Å²) in [5.74, 6) is 1.39. The number of hydrogen-bond acceptors (Lipinski definition) is 4. The van der Waals surface area contributed by atoms with E-state index in [-0.39, 0.29) is 0 Å². The number of nitrogens with one attached hydrogen (secondary N) is 1. The summed E-state index contributed by atoms with van der Waals surface area (Å²) in [6.07, 6.45) is 1.69. The van der Waals surface area contributed by atoms with E-state index in [9.17, 15) is 0 Å². The molecule has 0 saturated heterocycles. The van der Waals surface area contributed by atoms with E-state index >= 15 is 0 Å². The van der Waals surface area contributed by atoms with Crippen LogP contribution in [0.15, 0.2) is 42.6 Å². The smallest absolute Gasteiger partial charge is 0.153 e. The predicted octanol–water partition coefficient (Wildman–Crippen LogP) is 2.42. The molecule has 82 valence electrons.